The maximum absolute atomic E-state index is 12.4. The van der Waals surface area contributed by atoms with Gasteiger partial charge in [-0.25, -0.2) is 4.79 Å². The first-order valence-electron chi connectivity index (χ1n) is 8.22. The molecular formula is C21H17ClN2O3. The van der Waals surface area contributed by atoms with Gasteiger partial charge in [0.15, 0.2) is 0 Å². The van der Waals surface area contributed by atoms with Gasteiger partial charge in [0.1, 0.15) is 0 Å². The fourth-order valence-corrected chi connectivity index (χ4v) is 2.95. The van der Waals surface area contributed by atoms with Gasteiger partial charge in [-0.15, -0.1) is 0 Å². The van der Waals surface area contributed by atoms with Crippen LogP contribution in [0.15, 0.2) is 66.7 Å². The van der Waals surface area contributed by atoms with E-state index in [1.807, 2.05) is 12.1 Å². The van der Waals surface area contributed by atoms with Gasteiger partial charge in [0.05, 0.1) is 11.3 Å². The number of hydrogen-bond donors (Lipinski definition) is 3. The standard InChI is InChI=1S/C21H17ClN2O3/c22-18-10-14(6-7-16(18)12-23)15-8-9-17(21(26)27)19(11-15)24-20(25)13-4-2-1-3-5-13/h1-11H,12,23H2,(H,24,25)(H,26,27). The molecule has 0 bridgehead atoms. The molecule has 0 aromatic heterocycles. The molecular weight excluding hydrogens is 364 g/mol. The number of carboxylic acid groups (broad SMARTS) is 1. The van der Waals surface area contributed by atoms with Crippen molar-refractivity contribution < 1.29 is 14.7 Å². The van der Waals surface area contributed by atoms with Gasteiger partial charge in [-0.3, -0.25) is 4.79 Å². The summed E-state index contributed by atoms with van der Waals surface area (Å²) in [5.74, 6) is -1.51. The molecule has 136 valence electrons. The second-order valence-corrected chi connectivity index (χ2v) is 6.30. The second-order valence-electron chi connectivity index (χ2n) is 5.90. The van der Waals surface area contributed by atoms with Crippen LogP contribution in [0.5, 0.6) is 0 Å². The molecule has 0 radical (unpaired) electrons. The summed E-state index contributed by atoms with van der Waals surface area (Å²) >= 11 is 6.22. The predicted molar refractivity (Wildman–Crippen MR) is 106 cm³/mol. The van der Waals surface area contributed by atoms with Crippen LogP contribution in [0.3, 0.4) is 0 Å². The SMILES string of the molecule is NCc1ccc(-c2ccc(C(=O)O)c(NC(=O)c3ccccc3)c2)cc1Cl. The number of anilines is 1. The van der Waals surface area contributed by atoms with Gasteiger partial charge < -0.3 is 16.2 Å². The van der Waals surface area contributed by atoms with E-state index >= 15 is 0 Å². The minimum atomic E-state index is -1.12. The second kappa shape index (κ2) is 8.03. The van der Waals surface area contributed by atoms with Crippen molar-refractivity contribution in [2.24, 2.45) is 5.73 Å². The van der Waals surface area contributed by atoms with E-state index in [0.717, 1.165) is 16.7 Å². The van der Waals surface area contributed by atoms with Crippen molar-refractivity contribution in [2.75, 3.05) is 5.32 Å². The van der Waals surface area contributed by atoms with E-state index in [9.17, 15) is 14.7 Å². The third kappa shape index (κ3) is 4.16. The van der Waals surface area contributed by atoms with E-state index in [1.165, 1.54) is 6.07 Å². The largest absolute Gasteiger partial charge is 0.478 e. The van der Waals surface area contributed by atoms with E-state index in [1.54, 1.807) is 48.5 Å². The van der Waals surface area contributed by atoms with E-state index in [0.29, 0.717) is 17.1 Å². The summed E-state index contributed by atoms with van der Waals surface area (Å²) in [4.78, 5) is 24.0. The molecule has 0 spiro atoms. The average molecular weight is 381 g/mol. The summed E-state index contributed by atoms with van der Waals surface area (Å²) in [6, 6.07) is 18.8. The smallest absolute Gasteiger partial charge is 0.337 e. The molecule has 27 heavy (non-hydrogen) atoms. The van der Waals surface area contributed by atoms with Crippen molar-refractivity contribution in [3.05, 3.63) is 88.4 Å². The topological polar surface area (TPSA) is 92.4 Å². The third-order valence-electron chi connectivity index (χ3n) is 4.14. The zero-order valence-electron chi connectivity index (χ0n) is 14.3. The molecule has 0 aliphatic carbocycles. The van der Waals surface area contributed by atoms with Crippen LogP contribution in [0.25, 0.3) is 11.1 Å². The quantitative estimate of drug-likeness (QED) is 0.611. The molecule has 0 aliphatic heterocycles. The van der Waals surface area contributed by atoms with Gasteiger partial charge in [-0.1, -0.05) is 48.0 Å². The highest BCUT2D eigenvalue weighted by molar-refractivity contribution is 6.31. The van der Waals surface area contributed by atoms with E-state index in [-0.39, 0.29) is 17.2 Å². The molecule has 0 aliphatic rings. The molecule has 1 amide bonds. The summed E-state index contributed by atoms with van der Waals surface area (Å²) in [6.45, 7) is 0.329. The Morgan fingerprint density at radius 3 is 2.26 bits per heavy atom. The van der Waals surface area contributed by atoms with Crippen molar-refractivity contribution in [3.8, 4) is 11.1 Å². The lowest BCUT2D eigenvalue weighted by Gasteiger charge is -2.12. The van der Waals surface area contributed by atoms with E-state index < -0.39 is 5.97 Å². The first-order valence-corrected chi connectivity index (χ1v) is 8.60. The summed E-state index contributed by atoms with van der Waals surface area (Å²) in [5.41, 5.74) is 8.64. The van der Waals surface area contributed by atoms with Gasteiger partial charge in [0.25, 0.3) is 5.91 Å². The Labute approximate surface area is 161 Å². The minimum Gasteiger partial charge on any atom is -0.478 e. The molecule has 3 aromatic carbocycles. The fourth-order valence-electron chi connectivity index (χ4n) is 2.69. The van der Waals surface area contributed by atoms with Crippen LogP contribution in [-0.4, -0.2) is 17.0 Å². The number of nitrogens with one attached hydrogen (secondary N) is 1. The monoisotopic (exact) mass is 380 g/mol. The van der Waals surface area contributed by atoms with E-state index in [2.05, 4.69) is 5.32 Å². The van der Waals surface area contributed by atoms with Gasteiger partial charge in [0.2, 0.25) is 0 Å². The molecule has 3 rings (SSSR count). The Hall–Kier alpha value is -3.15. The molecule has 3 aromatic rings. The molecule has 0 fully saturated rings. The van der Waals surface area contributed by atoms with Crippen molar-refractivity contribution in [2.45, 2.75) is 6.54 Å². The molecule has 5 nitrogen and oxygen atoms in total. The van der Waals surface area contributed by atoms with Crippen molar-refractivity contribution >= 4 is 29.2 Å². The zero-order valence-corrected chi connectivity index (χ0v) is 15.0. The Kier molecular flexibility index (Phi) is 5.54. The van der Waals surface area contributed by atoms with Crippen LogP contribution in [0.1, 0.15) is 26.3 Å². The first-order chi connectivity index (χ1) is 13.0. The minimum absolute atomic E-state index is 0.00714. The molecule has 0 unspecified atom stereocenters. The number of rotatable bonds is 5. The molecule has 6 heteroatoms. The number of benzene rings is 3. The van der Waals surface area contributed by atoms with Crippen LogP contribution < -0.4 is 11.1 Å². The number of carbonyl (C=O) groups excluding carboxylic acids is 1. The Bertz CT molecular complexity index is 1000. The van der Waals surface area contributed by atoms with Gasteiger partial charge in [0, 0.05) is 17.1 Å². The van der Waals surface area contributed by atoms with Crippen molar-refractivity contribution in [3.63, 3.8) is 0 Å². The number of amides is 1. The molecule has 0 heterocycles. The van der Waals surface area contributed by atoms with Crippen molar-refractivity contribution in [1.82, 2.24) is 0 Å². The lowest BCUT2D eigenvalue weighted by atomic mass is 10.0. The van der Waals surface area contributed by atoms with Gasteiger partial charge in [-0.2, -0.15) is 0 Å². The van der Waals surface area contributed by atoms with Gasteiger partial charge >= 0.3 is 5.97 Å². The van der Waals surface area contributed by atoms with Crippen LogP contribution in [0.2, 0.25) is 5.02 Å². The first kappa shape index (κ1) is 18.6. The normalized spacial score (nSPS) is 10.4. The summed E-state index contributed by atoms with van der Waals surface area (Å²) in [6.07, 6.45) is 0. The number of carbonyl (C=O) groups is 2. The van der Waals surface area contributed by atoms with Crippen LogP contribution in [-0.2, 0) is 6.54 Å². The maximum Gasteiger partial charge on any atom is 0.337 e. The number of nitrogens with two attached hydrogens (primary N) is 1. The average Bonchev–Trinajstić information content (AvgIpc) is 2.68. The van der Waals surface area contributed by atoms with Crippen LogP contribution in [0.4, 0.5) is 5.69 Å². The predicted octanol–water partition coefficient (Wildman–Crippen LogP) is 4.42. The highest BCUT2D eigenvalue weighted by Crippen LogP contribution is 2.29. The highest BCUT2D eigenvalue weighted by Gasteiger charge is 2.15. The summed E-state index contributed by atoms with van der Waals surface area (Å²) in [7, 11) is 0. The molecule has 0 atom stereocenters. The fraction of sp³-hybridized carbons (Fsp3) is 0.0476. The number of hydrogen-bond acceptors (Lipinski definition) is 3. The Morgan fingerprint density at radius 1 is 0.963 bits per heavy atom. The Balaban J connectivity index is 1.99. The number of halogens is 1. The third-order valence-corrected chi connectivity index (χ3v) is 4.49. The summed E-state index contributed by atoms with van der Waals surface area (Å²) < 4.78 is 0. The lowest BCUT2D eigenvalue weighted by molar-refractivity contribution is 0.0698. The van der Waals surface area contributed by atoms with Crippen LogP contribution >= 0.6 is 11.6 Å². The van der Waals surface area contributed by atoms with Crippen molar-refractivity contribution in [1.29, 1.82) is 0 Å². The highest BCUT2D eigenvalue weighted by atomic mass is 35.5. The van der Waals surface area contributed by atoms with Crippen LogP contribution in [0, 0.1) is 0 Å². The van der Waals surface area contributed by atoms with E-state index in [4.69, 9.17) is 17.3 Å². The molecule has 0 saturated heterocycles. The van der Waals surface area contributed by atoms with Gasteiger partial charge in [-0.05, 0) is 47.0 Å². The summed E-state index contributed by atoms with van der Waals surface area (Å²) in [5, 5.41) is 12.7. The lowest BCUT2D eigenvalue weighted by Crippen LogP contribution is -2.14. The zero-order chi connectivity index (χ0) is 19.4. The number of carboxylic acids is 1. The maximum atomic E-state index is 12.4. The molecule has 4 N–H and O–H groups in total. The number of aromatic carboxylic acids is 1. The Morgan fingerprint density at radius 2 is 1.63 bits per heavy atom. The molecule has 0 saturated carbocycles.